The number of likely N-dealkylation sites (tertiary alicyclic amines) is 1. The predicted molar refractivity (Wildman–Crippen MR) is 79.1 cm³/mol. The Morgan fingerprint density at radius 2 is 1.79 bits per heavy atom. The van der Waals surface area contributed by atoms with Crippen LogP contribution < -0.4 is 0 Å². The summed E-state index contributed by atoms with van der Waals surface area (Å²) < 4.78 is 0. The van der Waals surface area contributed by atoms with E-state index in [1.54, 1.807) is 0 Å². The van der Waals surface area contributed by atoms with Gasteiger partial charge < -0.3 is 4.90 Å². The van der Waals surface area contributed by atoms with Gasteiger partial charge in [-0.1, -0.05) is 25.7 Å². The van der Waals surface area contributed by atoms with E-state index >= 15 is 0 Å². The molecule has 2 rings (SSSR count). The van der Waals surface area contributed by atoms with Crippen LogP contribution in [0, 0.1) is 0 Å². The van der Waals surface area contributed by atoms with E-state index in [-0.39, 0.29) is 0 Å². The van der Waals surface area contributed by atoms with Gasteiger partial charge in [-0.25, -0.2) is 0 Å². The van der Waals surface area contributed by atoms with Crippen LogP contribution in [0.15, 0.2) is 0 Å². The predicted octanol–water partition coefficient (Wildman–Crippen LogP) is 3.04. The average molecular weight is 266 g/mol. The molecule has 19 heavy (non-hydrogen) atoms. The van der Waals surface area contributed by atoms with Crippen molar-refractivity contribution in [3.8, 4) is 0 Å². The molecule has 0 aromatic carbocycles. The van der Waals surface area contributed by atoms with Crippen molar-refractivity contribution in [1.82, 2.24) is 9.80 Å². The van der Waals surface area contributed by atoms with Gasteiger partial charge in [0.05, 0.1) is 6.54 Å². The number of carbonyl (C=O) groups excluding carboxylic acids is 1. The summed E-state index contributed by atoms with van der Waals surface area (Å²) in [6, 6.07) is 1.11. The number of rotatable bonds is 4. The molecule has 0 bridgehead atoms. The van der Waals surface area contributed by atoms with Crippen LogP contribution in [0.25, 0.3) is 0 Å². The summed E-state index contributed by atoms with van der Waals surface area (Å²) in [6.07, 6.45) is 10.2. The van der Waals surface area contributed by atoms with Crippen molar-refractivity contribution < 1.29 is 4.79 Å². The van der Waals surface area contributed by atoms with Crippen LogP contribution in [0.1, 0.15) is 65.2 Å². The van der Waals surface area contributed by atoms with Gasteiger partial charge in [-0.05, 0) is 46.1 Å². The minimum Gasteiger partial charge on any atom is -0.339 e. The lowest BCUT2D eigenvalue weighted by molar-refractivity contribution is -0.136. The van der Waals surface area contributed by atoms with Crippen molar-refractivity contribution in [3.63, 3.8) is 0 Å². The third-order valence-electron chi connectivity index (χ3n) is 4.96. The van der Waals surface area contributed by atoms with Gasteiger partial charge in [-0.2, -0.15) is 0 Å². The Hall–Kier alpha value is -0.570. The molecular formula is C16H30N2O. The first-order valence-corrected chi connectivity index (χ1v) is 8.26. The third-order valence-corrected chi connectivity index (χ3v) is 4.96. The summed E-state index contributed by atoms with van der Waals surface area (Å²) in [6.45, 7) is 7.03. The first-order valence-electron chi connectivity index (χ1n) is 8.26. The molecule has 3 nitrogen and oxygen atoms in total. The van der Waals surface area contributed by atoms with E-state index in [9.17, 15) is 4.79 Å². The van der Waals surface area contributed by atoms with Gasteiger partial charge in [-0.3, -0.25) is 9.69 Å². The molecule has 110 valence electrons. The maximum absolute atomic E-state index is 12.6. The number of nitrogens with zero attached hydrogens (tertiary/aromatic N) is 2. The Bertz CT molecular complexity index is 286. The lowest BCUT2D eigenvalue weighted by atomic mass is 9.94. The summed E-state index contributed by atoms with van der Waals surface area (Å²) >= 11 is 0. The zero-order valence-electron chi connectivity index (χ0n) is 12.7. The fraction of sp³-hybridized carbons (Fsp3) is 0.938. The SMILES string of the molecule is CCN(C(=O)CN1CCCCC1C)C1CCCCC1. The molecule has 2 fully saturated rings. The van der Waals surface area contributed by atoms with Crippen LogP contribution in [0.4, 0.5) is 0 Å². The van der Waals surface area contributed by atoms with Gasteiger partial charge in [0.1, 0.15) is 0 Å². The zero-order valence-corrected chi connectivity index (χ0v) is 12.7. The summed E-state index contributed by atoms with van der Waals surface area (Å²) in [5.74, 6) is 0.364. The Labute approximate surface area is 118 Å². The van der Waals surface area contributed by atoms with Gasteiger partial charge in [0.25, 0.3) is 0 Å². The van der Waals surface area contributed by atoms with Crippen molar-refractivity contribution >= 4 is 5.91 Å². The Morgan fingerprint density at radius 3 is 2.42 bits per heavy atom. The number of hydrogen-bond donors (Lipinski definition) is 0. The minimum absolute atomic E-state index is 0.364. The monoisotopic (exact) mass is 266 g/mol. The smallest absolute Gasteiger partial charge is 0.236 e. The zero-order chi connectivity index (χ0) is 13.7. The van der Waals surface area contributed by atoms with Crippen molar-refractivity contribution in [2.45, 2.75) is 77.3 Å². The minimum atomic E-state index is 0.364. The van der Waals surface area contributed by atoms with Crippen LogP contribution in [-0.4, -0.2) is 47.4 Å². The lowest BCUT2D eigenvalue weighted by Gasteiger charge is -2.38. The maximum Gasteiger partial charge on any atom is 0.236 e. The van der Waals surface area contributed by atoms with Crippen LogP contribution in [0.3, 0.4) is 0 Å². The Balaban J connectivity index is 1.88. The van der Waals surface area contributed by atoms with Gasteiger partial charge in [-0.15, -0.1) is 0 Å². The number of carbonyl (C=O) groups is 1. The van der Waals surface area contributed by atoms with Crippen molar-refractivity contribution in [2.75, 3.05) is 19.6 Å². The second-order valence-electron chi connectivity index (χ2n) is 6.29. The fourth-order valence-corrected chi connectivity index (χ4v) is 3.69. The van der Waals surface area contributed by atoms with Gasteiger partial charge in [0.2, 0.25) is 5.91 Å². The van der Waals surface area contributed by atoms with Crippen LogP contribution >= 0.6 is 0 Å². The van der Waals surface area contributed by atoms with E-state index in [1.807, 2.05) is 0 Å². The molecule has 1 aliphatic heterocycles. The van der Waals surface area contributed by atoms with E-state index in [4.69, 9.17) is 0 Å². The highest BCUT2D eigenvalue weighted by molar-refractivity contribution is 5.78. The van der Waals surface area contributed by atoms with Gasteiger partial charge >= 0.3 is 0 Å². The quantitative estimate of drug-likeness (QED) is 0.781. The van der Waals surface area contributed by atoms with E-state index in [1.165, 1.54) is 51.4 Å². The number of piperidine rings is 1. The fourth-order valence-electron chi connectivity index (χ4n) is 3.69. The summed E-state index contributed by atoms with van der Waals surface area (Å²) in [5, 5.41) is 0. The van der Waals surface area contributed by atoms with E-state index in [2.05, 4.69) is 23.6 Å². The second kappa shape index (κ2) is 7.28. The molecule has 1 aliphatic carbocycles. The van der Waals surface area contributed by atoms with E-state index in [0.717, 1.165) is 13.1 Å². The average Bonchev–Trinajstić information content (AvgIpc) is 2.43. The summed E-state index contributed by atoms with van der Waals surface area (Å²) in [5.41, 5.74) is 0. The summed E-state index contributed by atoms with van der Waals surface area (Å²) in [4.78, 5) is 17.1. The van der Waals surface area contributed by atoms with Gasteiger partial charge in [0, 0.05) is 18.6 Å². The molecule has 1 heterocycles. The Kier molecular flexibility index (Phi) is 5.68. The Morgan fingerprint density at radius 1 is 1.11 bits per heavy atom. The largest absolute Gasteiger partial charge is 0.339 e. The summed E-state index contributed by atoms with van der Waals surface area (Å²) in [7, 11) is 0. The number of hydrogen-bond acceptors (Lipinski definition) is 2. The molecule has 1 unspecified atom stereocenters. The standard InChI is InChI=1S/C16H30N2O/c1-3-18(15-10-5-4-6-11-15)16(19)13-17-12-8-7-9-14(17)2/h14-15H,3-13H2,1-2H3. The number of likely N-dealkylation sites (N-methyl/N-ethyl adjacent to an activating group) is 1. The molecular weight excluding hydrogens is 236 g/mol. The van der Waals surface area contributed by atoms with Crippen LogP contribution in [-0.2, 0) is 4.79 Å². The molecule has 3 heteroatoms. The third kappa shape index (κ3) is 3.95. The molecule has 1 saturated carbocycles. The van der Waals surface area contributed by atoms with Crippen molar-refractivity contribution in [2.24, 2.45) is 0 Å². The van der Waals surface area contributed by atoms with Crippen molar-refractivity contribution in [1.29, 1.82) is 0 Å². The van der Waals surface area contributed by atoms with E-state index < -0.39 is 0 Å². The molecule has 1 amide bonds. The molecule has 0 aromatic rings. The first kappa shape index (κ1) is 14.8. The highest BCUT2D eigenvalue weighted by Gasteiger charge is 2.27. The lowest BCUT2D eigenvalue weighted by Crippen LogP contribution is -2.49. The maximum atomic E-state index is 12.6. The molecule has 1 saturated heterocycles. The first-order chi connectivity index (χ1) is 9.22. The number of amides is 1. The van der Waals surface area contributed by atoms with E-state index in [0.29, 0.717) is 24.5 Å². The topological polar surface area (TPSA) is 23.6 Å². The van der Waals surface area contributed by atoms with Crippen LogP contribution in [0.5, 0.6) is 0 Å². The molecule has 1 atom stereocenters. The molecule has 0 N–H and O–H groups in total. The molecule has 2 aliphatic rings. The molecule has 0 spiro atoms. The second-order valence-corrected chi connectivity index (χ2v) is 6.29. The highest BCUT2D eigenvalue weighted by Crippen LogP contribution is 2.23. The molecule has 0 aromatic heterocycles. The highest BCUT2D eigenvalue weighted by atomic mass is 16.2. The molecule has 0 radical (unpaired) electrons. The normalized spacial score (nSPS) is 26.3. The van der Waals surface area contributed by atoms with Gasteiger partial charge in [0.15, 0.2) is 0 Å². The van der Waals surface area contributed by atoms with Crippen molar-refractivity contribution in [3.05, 3.63) is 0 Å². The van der Waals surface area contributed by atoms with Crippen LogP contribution in [0.2, 0.25) is 0 Å².